The van der Waals surface area contributed by atoms with Crippen molar-refractivity contribution in [1.82, 2.24) is 0 Å². The second-order valence-corrected chi connectivity index (χ2v) is 4.68. The molecule has 2 aromatic carbocycles. The molecule has 0 saturated heterocycles. The maximum atomic E-state index is 9.58. The molecule has 0 unspecified atom stereocenters. The number of phenols is 3. The molecule has 0 fully saturated rings. The lowest BCUT2D eigenvalue weighted by molar-refractivity contribution is 0.404. The Morgan fingerprint density at radius 1 is 0.850 bits per heavy atom. The highest BCUT2D eigenvalue weighted by molar-refractivity contribution is 5.81. The summed E-state index contributed by atoms with van der Waals surface area (Å²) in [6.07, 6.45) is 0. The first-order chi connectivity index (χ1) is 9.54. The zero-order chi connectivity index (χ0) is 14.3. The maximum absolute atomic E-state index is 9.58. The fourth-order valence-corrected chi connectivity index (χ4v) is 2.17. The molecule has 3 aromatic rings. The lowest BCUT2D eigenvalue weighted by Crippen LogP contribution is -1.85. The van der Waals surface area contributed by atoms with Crippen LogP contribution < -0.4 is 0 Å². The van der Waals surface area contributed by atoms with Crippen molar-refractivity contribution >= 4 is 11.0 Å². The van der Waals surface area contributed by atoms with Crippen molar-refractivity contribution in [2.45, 2.75) is 6.92 Å². The SMILES string of the molecule is Cc1cc2ccc(O)cc2[o+]c1-c1ccc(O)c(O)c1. The van der Waals surface area contributed by atoms with E-state index in [0.29, 0.717) is 16.9 Å². The molecule has 0 radical (unpaired) electrons. The molecule has 20 heavy (non-hydrogen) atoms. The molecule has 0 amide bonds. The molecule has 0 bridgehead atoms. The average molecular weight is 269 g/mol. The zero-order valence-electron chi connectivity index (χ0n) is 10.8. The summed E-state index contributed by atoms with van der Waals surface area (Å²) >= 11 is 0. The van der Waals surface area contributed by atoms with Gasteiger partial charge in [0, 0.05) is 6.07 Å². The van der Waals surface area contributed by atoms with E-state index in [1.54, 1.807) is 24.3 Å². The average Bonchev–Trinajstić information content (AvgIpc) is 2.42. The van der Waals surface area contributed by atoms with Crippen LogP contribution in [0, 0.1) is 6.92 Å². The van der Waals surface area contributed by atoms with E-state index in [1.807, 2.05) is 13.0 Å². The summed E-state index contributed by atoms with van der Waals surface area (Å²) in [4.78, 5) is 0. The van der Waals surface area contributed by atoms with Crippen molar-refractivity contribution in [3.63, 3.8) is 0 Å². The van der Waals surface area contributed by atoms with Crippen LogP contribution in [0.15, 0.2) is 46.9 Å². The smallest absolute Gasteiger partial charge is 0.364 e. The lowest BCUT2D eigenvalue weighted by Gasteiger charge is -2.00. The summed E-state index contributed by atoms with van der Waals surface area (Å²) in [5.41, 5.74) is 2.11. The molecule has 0 aliphatic carbocycles. The fourth-order valence-electron chi connectivity index (χ4n) is 2.17. The van der Waals surface area contributed by atoms with E-state index in [0.717, 1.165) is 10.9 Å². The molecule has 100 valence electrons. The molecule has 4 heteroatoms. The highest BCUT2D eigenvalue weighted by atomic mass is 16.3. The van der Waals surface area contributed by atoms with Gasteiger partial charge in [0.1, 0.15) is 5.75 Å². The Bertz CT molecular complexity index is 809. The quantitative estimate of drug-likeness (QED) is 0.464. The van der Waals surface area contributed by atoms with Crippen LogP contribution in [0.1, 0.15) is 5.56 Å². The van der Waals surface area contributed by atoms with Crippen LogP contribution in [0.25, 0.3) is 22.3 Å². The van der Waals surface area contributed by atoms with Crippen molar-refractivity contribution in [3.05, 3.63) is 48.0 Å². The van der Waals surface area contributed by atoms with Gasteiger partial charge in [-0.1, -0.05) is 0 Å². The zero-order valence-corrected chi connectivity index (χ0v) is 10.8. The molecule has 0 aliphatic heterocycles. The minimum absolute atomic E-state index is 0.129. The number of hydrogen-bond acceptors (Lipinski definition) is 3. The molecule has 1 aromatic heterocycles. The standard InChI is InChI=1S/C16H12O4/c1-9-6-10-2-4-12(17)8-15(10)20-16(9)11-3-5-13(18)14(19)7-11/h2-8H,1H3,(H2-,17,18,19)/p+1. The minimum atomic E-state index is -0.201. The van der Waals surface area contributed by atoms with Gasteiger partial charge in [0.15, 0.2) is 11.5 Å². The summed E-state index contributed by atoms with van der Waals surface area (Å²) < 4.78 is 5.80. The van der Waals surface area contributed by atoms with Crippen LogP contribution in [-0.4, -0.2) is 15.3 Å². The fraction of sp³-hybridized carbons (Fsp3) is 0.0625. The van der Waals surface area contributed by atoms with Crippen LogP contribution in [-0.2, 0) is 0 Å². The minimum Gasteiger partial charge on any atom is -0.508 e. The molecule has 0 aliphatic rings. The molecule has 0 atom stereocenters. The largest absolute Gasteiger partial charge is 0.508 e. The Labute approximate surface area is 115 Å². The monoisotopic (exact) mass is 269 g/mol. The first-order valence-corrected chi connectivity index (χ1v) is 6.13. The van der Waals surface area contributed by atoms with Crippen molar-refractivity contribution in [2.24, 2.45) is 0 Å². The van der Waals surface area contributed by atoms with E-state index >= 15 is 0 Å². The van der Waals surface area contributed by atoms with E-state index in [-0.39, 0.29) is 17.2 Å². The van der Waals surface area contributed by atoms with Gasteiger partial charge >= 0.3 is 11.3 Å². The molecule has 0 spiro atoms. The van der Waals surface area contributed by atoms with Crippen LogP contribution >= 0.6 is 0 Å². The summed E-state index contributed by atoms with van der Waals surface area (Å²) in [6.45, 7) is 1.90. The van der Waals surface area contributed by atoms with Gasteiger partial charge in [-0.2, -0.15) is 0 Å². The topological polar surface area (TPSA) is 72.0 Å². The van der Waals surface area contributed by atoms with Crippen LogP contribution in [0.5, 0.6) is 17.2 Å². The van der Waals surface area contributed by atoms with Gasteiger partial charge in [-0.3, -0.25) is 0 Å². The van der Waals surface area contributed by atoms with Crippen molar-refractivity contribution in [3.8, 4) is 28.6 Å². The van der Waals surface area contributed by atoms with Gasteiger partial charge < -0.3 is 15.3 Å². The molecule has 1 heterocycles. The van der Waals surface area contributed by atoms with Crippen LogP contribution in [0.4, 0.5) is 0 Å². The molecular weight excluding hydrogens is 256 g/mol. The predicted octanol–water partition coefficient (Wildman–Crippen LogP) is 3.81. The third-order valence-electron chi connectivity index (χ3n) is 3.18. The van der Waals surface area contributed by atoms with Gasteiger partial charge in [-0.05, 0) is 37.3 Å². The van der Waals surface area contributed by atoms with Gasteiger partial charge in [-0.15, -0.1) is 0 Å². The number of aryl methyl sites for hydroxylation is 1. The number of fused-ring (bicyclic) bond motifs is 1. The molecular formula is C16H13O4+. The number of rotatable bonds is 1. The van der Waals surface area contributed by atoms with Gasteiger partial charge in [0.05, 0.1) is 22.6 Å². The Kier molecular flexibility index (Phi) is 2.71. The third kappa shape index (κ3) is 2.01. The molecule has 3 rings (SSSR count). The highest BCUT2D eigenvalue weighted by Gasteiger charge is 2.20. The highest BCUT2D eigenvalue weighted by Crippen LogP contribution is 2.34. The van der Waals surface area contributed by atoms with Gasteiger partial charge in [-0.25, -0.2) is 4.42 Å². The normalized spacial score (nSPS) is 10.8. The maximum Gasteiger partial charge on any atom is 0.364 e. The van der Waals surface area contributed by atoms with Crippen molar-refractivity contribution < 1.29 is 19.7 Å². The first-order valence-electron chi connectivity index (χ1n) is 6.13. The summed E-state index contributed by atoms with van der Waals surface area (Å²) in [5, 5.41) is 29.3. The first kappa shape index (κ1) is 12.3. The second-order valence-electron chi connectivity index (χ2n) is 4.68. The number of benzene rings is 2. The van der Waals surface area contributed by atoms with Gasteiger partial charge in [0.2, 0.25) is 0 Å². The van der Waals surface area contributed by atoms with Crippen molar-refractivity contribution in [1.29, 1.82) is 0 Å². The predicted molar refractivity (Wildman–Crippen MR) is 75.8 cm³/mol. The number of phenolic OH excluding ortho intramolecular Hbond substituents is 3. The summed E-state index contributed by atoms with van der Waals surface area (Å²) in [6, 6.07) is 11.4. The summed E-state index contributed by atoms with van der Waals surface area (Å²) in [7, 11) is 0. The van der Waals surface area contributed by atoms with E-state index < -0.39 is 0 Å². The van der Waals surface area contributed by atoms with E-state index in [4.69, 9.17) is 4.42 Å². The van der Waals surface area contributed by atoms with E-state index in [2.05, 4.69) is 0 Å². The molecule has 4 nitrogen and oxygen atoms in total. The van der Waals surface area contributed by atoms with Crippen LogP contribution in [0.3, 0.4) is 0 Å². The van der Waals surface area contributed by atoms with Crippen LogP contribution in [0.2, 0.25) is 0 Å². The Balaban J connectivity index is 2.24. The molecule has 0 saturated carbocycles. The Hall–Kier alpha value is -2.75. The summed E-state index contributed by atoms with van der Waals surface area (Å²) in [5.74, 6) is 0.334. The van der Waals surface area contributed by atoms with E-state index in [1.165, 1.54) is 12.1 Å². The molecule has 3 N–H and O–H groups in total. The lowest BCUT2D eigenvalue weighted by atomic mass is 10.1. The third-order valence-corrected chi connectivity index (χ3v) is 3.18. The number of aromatic hydroxyl groups is 3. The number of hydrogen-bond donors (Lipinski definition) is 3. The van der Waals surface area contributed by atoms with Crippen molar-refractivity contribution in [2.75, 3.05) is 0 Å². The second kappa shape index (κ2) is 4.42. The van der Waals surface area contributed by atoms with E-state index in [9.17, 15) is 15.3 Å². The Morgan fingerprint density at radius 3 is 2.40 bits per heavy atom. The Morgan fingerprint density at radius 2 is 1.65 bits per heavy atom. The van der Waals surface area contributed by atoms with Gasteiger partial charge in [0.25, 0.3) is 0 Å².